The van der Waals surface area contributed by atoms with E-state index in [1.165, 1.54) is 5.56 Å². The third-order valence-electron chi connectivity index (χ3n) is 2.31. The van der Waals surface area contributed by atoms with Crippen LogP contribution in [0, 0.1) is 0 Å². The van der Waals surface area contributed by atoms with E-state index < -0.39 is 0 Å². The Balaban J connectivity index is 1.82. The zero-order valence-electron chi connectivity index (χ0n) is 7.74. The number of rotatable bonds is 3. The summed E-state index contributed by atoms with van der Waals surface area (Å²) in [5, 5.41) is 3.65. The Morgan fingerprint density at radius 2 is 2.21 bits per heavy atom. The summed E-state index contributed by atoms with van der Waals surface area (Å²) >= 11 is 0. The van der Waals surface area contributed by atoms with E-state index in [9.17, 15) is 0 Å². The highest BCUT2D eigenvalue weighted by molar-refractivity contribution is 5.10. The van der Waals surface area contributed by atoms with Crippen molar-refractivity contribution in [1.82, 2.24) is 9.88 Å². The molecule has 0 bridgehead atoms. The summed E-state index contributed by atoms with van der Waals surface area (Å²) in [6.07, 6.45) is 3.58. The molecule has 0 unspecified atom stereocenters. The highest BCUT2D eigenvalue weighted by Crippen LogP contribution is 2.14. The van der Waals surface area contributed by atoms with E-state index in [1.807, 2.05) is 12.1 Å². The summed E-state index contributed by atoms with van der Waals surface area (Å²) in [6.45, 7) is 2.65. The van der Waals surface area contributed by atoms with Crippen LogP contribution in [0.5, 0.6) is 0 Å². The van der Waals surface area contributed by atoms with E-state index in [-0.39, 0.29) is 6.04 Å². The van der Waals surface area contributed by atoms with Gasteiger partial charge < -0.3 is 0 Å². The lowest BCUT2D eigenvalue weighted by atomic mass is 10.1. The minimum atomic E-state index is 0.168. The first-order chi connectivity index (χ1) is 6.88. The van der Waals surface area contributed by atoms with Gasteiger partial charge in [0, 0.05) is 36.9 Å². The van der Waals surface area contributed by atoms with Crippen molar-refractivity contribution in [3.05, 3.63) is 40.5 Å². The third kappa shape index (κ3) is 2.02. The molecule has 0 spiro atoms. The smallest absolute Gasteiger partial charge is 0.0628 e. The van der Waals surface area contributed by atoms with Crippen LogP contribution in [0.3, 0.4) is 0 Å². The van der Waals surface area contributed by atoms with Crippen LogP contribution in [-0.4, -0.2) is 29.0 Å². The quantitative estimate of drug-likeness (QED) is 0.411. The Morgan fingerprint density at radius 3 is 2.86 bits per heavy atom. The molecule has 5 heteroatoms. The van der Waals surface area contributed by atoms with Crippen molar-refractivity contribution in [2.24, 2.45) is 5.11 Å². The second kappa shape index (κ2) is 4.09. The maximum atomic E-state index is 8.21. The molecule has 2 rings (SSSR count). The number of hydrogen-bond donors (Lipinski definition) is 0. The van der Waals surface area contributed by atoms with Gasteiger partial charge in [0.2, 0.25) is 0 Å². The molecule has 0 saturated carbocycles. The zero-order chi connectivity index (χ0) is 9.80. The minimum absolute atomic E-state index is 0.168. The van der Waals surface area contributed by atoms with Crippen LogP contribution >= 0.6 is 0 Å². The van der Waals surface area contributed by atoms with Crippen LogP contribution < -0.4 is 0 Å². The van der Waals surface area contributed by atoms with Crippen molar-refractivity contribution < 1.29 is 0 Å². The molecule has 1 aromatic heterocycles. The summed E-state index contributed by atoms with van der Waals surface area (Å²) in [6, 6.07) is 4.17. The van der Waals surface area contributed by atoms with E-state index in [0.29, 0.717) is 0 Å². The second-order valence-electron chi connectivity index (χ2n) is 3.41. The van der Waals surface area contributed by atoms with E-state index in [1.54, 1.807) is 12.4 Å². The first-order valence-corrected chi connectivity index (χ1v) is 4.54. The molecule has 0 amide bonds. The molecule has 1 aromatic rings. The molecule has 1 aliphatic heterocycles. The van der Waals surface area contributed by atoms with Crippen molar-refractivity contribution >= 4 is 0 Å². The van der Waals surface area contributed by atoms with Gasteiger partial charge in [0.15, 0.2) is 0 Å². The fraction of sp³-hybridized carbons (Fsp3) is 0.444. The highest BCUT2D eigenvalue weighted by Gasteiger charge is 2.24. The fourth-order valence-electron chi connectivity index (χ4n) is 1.56. The van der Waals surface area contributed by atoms with E-state index in [2.05, 4.69) is 19.9 Å². The van der Waals surface area contributed by atoms with Gasteiger partial charge >= 0.3 is 0 Å². The van der Waals surface area contributed by atoms with Crippen LogP contribution in [0.25, 0.3) is 10.4 Å². The van der Waals surface area contributed by atoms with Gasteiger partial charge in [0.05, 0.1) is 6.04 Å². The van der Waals surface area contributed by atoms with Crippen LogP contribution in [0.1, 0.15) is 5.56 Å². The van der Waals surface area contributed by atoms with Crippen molar-refractivity contribution in [3.63, 3.8) is 0 Å². The molecule has 1 fully saturated rings. The molecule has 0 atom stereocenters. The van der Waals surface area contributed by atoms with Gasteiger partial charge in [-0.15, -0.1) is 0 Å². The summed E-state index contributed by atoms with van der Waals surface area (Å²) in [4.78, 5) is 8.99. The molecule has 14 heavy (non-hydrogen) atoms. The first kappa shape index (κ1) is 8.99. The highest BCUT2D eigenvalue weighted by atomic mass is 15.3. The topological polar surface area (TPSA) is 64.9 Å². The standard InChI is InChI=1S/C9H11N5/c10-13-12-9-6-14(7-9)5-8-1-3-11-4-2-8/h1-4,9H,5-7H2. The Bertz CT molecular complexity index is 337. The van der Waals surface area contributed by atoms with Gasteiger partial charge in [0.25, 0.3) is 0 Å². The molecule has 0 N–H and O–H groups in total. The van der Waals surface area contributed by atoms with Gasteiger partial charge in [-0.25, -0.2) is 0 Å². The number of nitrogens with zero attached hydrogens (tertiary/aromatic N) is 5. The molecule has 2 heterocycles. The molecule has 1 saturated heterocycles. The zero-order valence-corrected chi connectivity index (χ0v) is 7.74. The second-order valence-corrected chi connectivity index (χ2v) is 3.41. The Hall–Kier alpha value is -1.58. The first-order valence-electron chi connectivity index (χ1n) is 4.54. The van der Waals surface area contributed by atoms with Crippen LogP contribution in [0.15, 0.2) is 29.6 Å². The molecule has 0 aliphatic carbocycles. The van der Waals surface area contributed by atoms with Crippen molar-refractivity contribution in [1.29, 1.82) is 0 Å². The van der Waals surface area contributed by atoms with Gasteiger partial charge in [-0.2, -0.15) is 0 Å². The van der Waals surface area contributed by atoms with Crippen LogP contribution in [-0.2, 0) is 6.54 Å². The Morgan fingerprint density at radius 1 is 1.50 bits per heavy atom. The van der Waals surface area contributed by atoms with Crippen molar-refractivity contribution in [2.75, 3.05) is 13.1 Å². The van der Waals surface area contributed by atoms with Crippen molar-refractivity contribution in [3.8, 4) is 0 Å². The van der Waals surface area contributed by atoms with E-state index >= 15 is 0 Å². The largest absolute Gasteiger partial charge is 0.298 e. The summed E-state index contributed by atoms with van der Waals surface area (Å²) < 4.78 is 0. The number of azide groups is 1. The molecule has 1 aliphatic rings. The molecule has 0 aromatic carbocycles. The SMILES string of the molecule is [N-]=[N+]=NC1CN(Cc2ccncc2)C1. The number of likely N-dealkylation sites (tertiary alicyclic amines) is 1. The maximum absolute atomic E-state index is 8.21. The summed E-state index contributed by atoms with van der Waals surface area (Å²) in [5.74, 6) is 0. The van der Waals surface area contributed by atoms with Gasteiger partial charge in [-0.05, 0) is 23.2 Å². The molecular weight excluding hydrogens is 178 g/mol. The fourth-order valence-corrected chi connectivity index (χ4v) is 1.56. The predicted molar refractivity (Wildman–Crippen MR) is 52.4 cm³/mol. The van der Waals surface area contributed by atoms with Gasteiger partial charge in [0.1, 0.15) is 0 Å². The van der Waals surface area contributed by atoms with Gasteiger partial charge in [-0.1, -0.05) is 5.11 Å². The Labute approximate surface area is 82.0 Å². The normalized spacial score (nSPS) is 17.1. The van der Waals surface area contributed by atoms with E-state index in [4.69, 9.17) is 5.53 Å². The van der Waals surface area contributed by atoms with Crippen LogP contribution in [0.4, 0.5) is 0 Å². The average Bonchev–Trinajstić information content (AvgIpc) is 2.16. The molecule has 5 nitrogen and oxygen atoms in total. The monoisotopic (exact) mass is 189 g/mol. The molecular formula is C9H11N5. The maximum Gasteiger partial charge on any atom is 0.0628 e. The van der Waals surface area contributed by atoms with Crippen molar-refractivity contribution in [2.45, 2.75) is 12.6 Å². The predicted octanol–water partition coefficient (Wildman–Crippen LogP) is 1.58. The lowest BCUT2D eigenvalue weighted by Crippen LogP contribution is -2.48. The minimum Gasteiger partial charge on any atom is -0.298 e. The number of aromatic nitrogens is 1. The Kier molecular flexibility index (Phi) is 2.62. The summed E-state index contributed by atoms with van der Waals surface area (Å²) in [5.41, 5.74) is 9.46. The molecule has 72 valence electrons. The summed E-state index contributed by atoms with van der Waals surface area (Å²) in [7, 11) is 0. The third-order valence-corrected chi connectivity index (χ3v) is 2.31. The van der Waals surface area contributed by atoms with Gasteiger partial charge in [-0.3, -0.25) is 9.88 Å². The lowest BCUT2D eigenvalue weighted by molar-refractivity contribution is 0.142. The van der Waals surface area contributed by atoms with Crippen LogP contribution in [0.2, 0.25) is 0 Å². The lowest BCUT2D eigenvalue weighted by Gasteiger charge is -2.36. The number of pyridine rings is 1. The van der Waals surface area contributed by atoms with E-state index in [0.717, 1.165) is 19.6 Å². The molecule has 0 radical (unpaired) electrons. The average molecular weight is 189 g/mol. The number of hydrogen-bond acceptors (Lipinski definition) is 3.